The Kier molecular flexibility index (Phi) is 7.71. The number of carbonyl (C=O) groups is 1. The van der Waals surface area contributed by atoms with Crippen molar-refractivity contribution in [3.05, 3.63) is 62.5 Å². The normalized spacial score (nSPS) is 21.5. The van der Waals surface area contributed by atoms with Crippen molar-refractivity contribution in [1.82, 2.24) is 15.2 Å². The van der Waals surface area contributed by atoms with Gasteiger partial charge in [-0.05, 0) is 19.1 Å². The first kappa shape index (κ1) is 23.8. The second kappa shape index (κ2) is 10.7. The fourth-order valence-electron chi connectivity index (χ4n) is 3.84. The summed E-state index contributed by atoms with van der Waals surface area (Å²) in [6.07, 6.45) is 1.66. The van der Waals surface area contributed by atoms with Crippen molar-refractivity contribution >= 4 is 34.7 Å². The highest BCUT2D eigenvalue weighted by molar-refractivity contribution is 7.11. The molecule has 33 heavy (non-hydrogen) atoms. The number of hydrogen-bond acceptors (Lipinski definition) is 9. The number of nitrogens with zero attached hydrogens (tertiary/aromatic N) is 3. The van der Waals surface area contributed by atoms with E-state index in [0.717, 1.165) is 0 Å². The SMILES string of the molecule is CCOC(=O)C1=C(CN2CCOC[C@@H]2CO)NC(c2nccs2)=NC1c1ccc(F)cc1Cl. The van der Waals surface area contributed by atoms with E-state index in [-0.39, 0.29) is 29.9 Å². The molecule has 0 amide bonds. The lowest BCUT2D eigenvalue weighted by Gasteiger charge is -2.37. The lowest BCUT2D eigenvalue weighted by Crippen LogP contribution is -2.50. The number of carbonyl (C=O) groups excluding carboxylic acids is 1. The number of halogens is 2. The smallest absolute Gasteiger partial charge is 0.338 e. The van der Waals surface area contributed by atoms with Crippen LogP contribution in [0.5, 0.6) is 0 Å². The molecule has 2 aromatic rings. The van der Waals surface area contributed by atoms with E-state index in [4.69, 9.17) is 26.1 Å². The second-order valence-electron chi connectivity index (χ2n) is 7.50. The Morgan fingerprint density at radius 1 is 1.48 bits per heavy atom. The minimum absolute atomic E-state index is 0.0807. The highest BCUT2D eigenvalue weighted by Crippen LogP contribution is 2.37. The Balaban J connectivity index is 1.82. The topological polar surface area (TPSA) is 96.3 Å². The van der Waals surface area contributed by atoms with Crippen molar-refractivity contribution in [1.29, 1.82) is 0 Å². The molecule has 1 aromatic carbocycles. The van der Waals surface area contributed by atoms with Crippen LogP contribution in [0.2, 0.25) is 5.02 Å². The first-order chi connectivity index (χ1) is 16.0. The van der Waals surface area contributed by atoms with Gasteiger partial charge in [0.25, 0.3) is 0 Å². The molecule has 2 aliphatic heterocycles. The molecule has 0 radical (unpaired) electrons. The van der Waals surface area contributed by atoms with Gasteiger partial charge in [-0.15, -0.1) is 11.3 Å². The Morgan fingerprint density at radius 2 is 2.33 bits per heavy atom. The van der Waals surface area contributed by atoms with Gasteiger partial charge in [0.2, 0.25) is 0 Å². The molecule has 3 heterocycles. The number of amidine groups is 1. The molecule has 8 nitrogen and oxygen atoms in total. The lowest BCUT2D eigenvalue weighted by atomic mass is 9.95. The molecule has 2 aliphatic rings. The molecular weight excluding hydrogens is 471 g/mol. The number of morpholine rings is 1. The summed E-state index contributed by atoms with van der Waals surface area (Å²) >= 11 is 7.79. The summed E-state index contributed by atoms with van der Waals surface area (Å²) < 4.78 is 24.6. The average molecular weight is 495 g/mol. The molecule has 0 spiro atoms. The minimum atomic E-state index is -0.819. The molecule has 4 rings (SSSR count). The predicted molar refractivity (Wildman–Crippen MR) is 123 cm³/mol. The van der Waals surface area contributed by atoms with E-state index in [1.54, 1.807) is 13.1 Å². The van der Waals surface area contributed by atoms with Crippen molar-refractivity contribution in [2.24, 2.45) is 4.99 Å². The average Bonchev–Trinajstić information content (AvgIpc) is 3.34. The van der Waals surface area contributed by atoms with Gasteiger partial charge in [-0.1, -0.05) is 17.7 Å². The van der Waals surface area contributed by atoms with Crippen LogP contribution in [0.3, 0.4) is 0 Å². The summed E-state index contributed by atoms with van der Waals surface area (Å²) in [4.78, 5) is 24.3. The van der Waals surface area contributed by atoms with E-state index in [2.05, 4.69) is 10.3 Å². The fourth-order valence-corrected chi connectivity index (χ4v) is 4.69. The van der Waals surface area contributed by atoms with Gasteiger partial charge >= 0.3 is 5.97 Å². The number of esters is 1. The summed E-state index contributed by atoms with van der Waals surface area (Å²) in [5.41, 5.74) is 1.34. The zero-order chi connectivity index (χ0) is 23.4. The van der Waals surface area contributed by atoms with Gasteiger partial charge in [0, 0.05) is 40.9 Å². The Hall–Kier alpha value is -2.37. The summed E-state index contributed by atoms with van der Waals surface area (Å²) in [6.45, 7) is 3.63. The molecule has 11 heteroatoms. The number of hydrogen-bond donors (Lipinski definition) is 2. The first-order valence-electron chi connectivity index (χ1n) is 10.5. The van der Waals surface area contributed by atoms with Crippen molar-refractivity contribution in [3.63, 3.8) is 0 Å². The Morgan fingerprint density at radius 3 is 3.03 bits per heavy atom. The van der Waals surface area contributed by atoms with Crippen LogP contribution in [-0.2, 0) is 14.3 Å². The maximum atomic E-state index is 13.8. The third kappa shape index (κ3) is 5.25. The minimum Gasteiger partial charge on any atom is -0.463 e. The number of thiazole rings is 1. The maximum absolute atomic E-state index is 13.8. The van der Waals surface area contributed by atoms with Crippen LogP contribution < -0.4 is 5.32 Å². The zero-order valence-electron chi connectivity index (χ0n) is 18.0. The van der Waals surface area contributed by atoms with Gasteiger partial charge in [0.15, 0.2) is 10.8 Å². The van der Waals surface area contributed by atoms with E-state index < -0.39 is 17.8 Å². The van der Waals surface area contributed by atoms with E-state index in [1.807, 2.05) is 10.3 Å². The molecule has 0 saturated carbocycles. The van der Waals surface area contributed by atoms with Crippen molar-refractivity contribution in [2.45, 2.75) is 19.0 Å². The summed E-state index contributed by atoms with van der Waals surface area (Å²) in [6, 6.07) is 2.98. The van der Waals surface area contributed by atoms with Crippen LogP contribution in [0.15, 0.2) is 46.0 Å². The van der Waals surface area contributed by atoms with Crippen LogP contribution in [-0.4, -0.2) is 72.4 Å². The largest absolute Gasteiger partial charge is 0.463 e. The van der Waals surface area contributed by atoms with Gasteiger partial charge in [0.05, 0.1) is 38.0 Å². The van der Waals surface area contributed by atoms with Crippen LogP contribution in [0, 0.1) is 5.82 Å². The van der Waals surface area contributed by atoms with Crippen molar-refractivity contribution in [2.75, 3.05) is 39.5 Å². The predicted octanol–water partition coefficient (Wildman–Crippen LogP) is 2.54. The third-order valence-corrected chi connectivity index (χ3v) is 6.54. The molecule has 0 bridgehead atoms. The van der Waals surface area contributed by atoms with Crippen LogP contribution >= 0.6 is 22.9 Å². The zero-order valence-corrected chi connectivity index (χ0v) is 19.5. The lowest BCUT2D eigenvalue weighted by molar-refractivity contribution is -0.139. The molecule has 1 aromatic heterocycles. The highest BCUT2D eigenvalue weighted by Gasteiger charge is 2.35. The number of aliphatic hydroxyl groups is 1. The molecule has 1 fully saturated rings. The number of aliphatic imine (C=N–C) groups is 1. The van der Waals surface area contributed by atoms with Crippen LogP contribution in [0.4, 0.5) is 4.39 Å². The quantitative estimate of drug-likeness (QED) is 0.571. The van der Waals surface area contributed by atoms with E-state index in [0.29, 0.717) is 48.4 Å². The number of benzene rings is 1. The molecule has 1 saturated heterocycles. The Bertz CT molecular complexity index is 1060. The molecule has 0 aliphatic carbocycles. The van der Waals surface area contributed by atoms with E-state index in [9.17, 15) is 14.3 Å². The summed E-state index contributed by atoms with van der Waals surface area (Å²) in [5, 5.41) is 15.7. The number of aliphatic hydroxyl groups excluding tert-OH is 1. The fraction of sp³-hybridized carbons (Fsp3) is 0.409. The van der Waals surface area contributed by atoms with Crippen LogP contribution in [0.25, 0.3) is 0 Å². The van der Waals surface area contributed by atoms with Gasteiger partial charge in [0.1, 0.15) is 11.9 Å². The summed E-state index contributed by atoms with van der Waals surface area (Å²) in [5.74, 6) is -0.545. The van der Waals surface area contributed by atoms with Gasteiger partial charge in [-0.25, -0.2) is 14.2 Å². The van der Waals surface area contributed by atoms with Gasteiger partial charge in [-0.2, -0.15) is 0 Å². The number of ether oxygens (including phenoxy) is 2. The number of aromatic nitrogens is 1. The summed E-state index contributed by atoms with van der Waals surface area (Å²) in [7, 11) is 0. The van der Waals surface area contributed by atoms with Gasteiger partial charge in [-0.3, -0.25) is 9.89 Å². The second-order valence-corrected chi connectivity index (χ2v) is 8.80. The molecule has 176 valence electrons. The van der Waals surface area contributed by atoms with E-state index >= 15 is 0 Å². The van der Waals surface area contributed by atoms with Gasteiger partial charge < -0.3 is 19.9 Å². The van der Waals surface area contributed by atoms with Crippen LogP contribution in [0.1, 0.15) is 23.5 Å². The molecular formula is C22H24ClFN4O4S. The first-order valence-corrected chi connectivity index (χ1v) is 11.8. The van der Waals surface area contributed by atoms with Crippen molar-refractivity contribution in [3.8, 4) is 0 Å². The standard InChI is InChI=1S/C22H24ClFN4O4S/c1-2-32-22(30)18-17(10-28-6-7-31-12-14(28)11-29)26-20(21-25-5-8-33-21)27-19(18)15-4-3-13(24)9-16(15)23/h3-5,8-9,14,19,29H,2,6-7,10-12H2,1H3,(H,26,27)/t14-,19?/m0/s1. The highest BCUT2D eigenvalue weighted by atomic mass is 35.5. The number of nitrogens with one attached hydrogen (secondary N) is 1. The number of rotatable bonds is 7. The van der Waals surface area contributed by atoms with E-state index in [1.165, 1.54) is 29.5 Å². The molecule has 2 atom stereocenters. The third-order valence-electron chi connectivity index (χ3n) is 5.43. The maximum Gasteiger partial charge on any atom is 0.338 e. The molecule has 2 N–H and O–H groups in total. The monoisotopic (exact) mass is 494 g/mol. The van der Waals surface area contributed by atoms with Crippen molar-refractivity contribution < 1.29 is 23.8 Å². The molecule has 1 unspecified atom stereocenters. The Labute approximate surface area is 199 Å².